The van der Waals surface area contributed by atoms with Crippen LogP contribution < -0.4 is 24.6 Å². The fourth-order valence-corrected chi connectivity index (χ4v) is 13.9. The summed E-state index contributed by atoms with van der Waals surface area (Å²) in [7, 11) is -2.88. The van der Waals surface area contributed by atoms with Gasteiger partial charge >= 0.3 is 0 Å². The molecule has 2 aliphatic carbocycles. The maximum Gasteiger partial charge on any atom is 0.293 e. The molecule has 2 saturated carbocycles. The van der Waals surface area contributed by atoms with Crippen molar-refractivity contribution >= 4 is 55.4 Å². The van der Waals surface area contributed by atoms with Crippen LogP contribution in [-0.2, 0) is 19.5 Å². The van der Waals surface area contributed by atoms with Gasteiger partial charge in [0, 0.05) is 68.8 Å². The number of ether oxygens (including phenoxy) is 3. The standard InChI is InChI=1S/C55H68N8O8S/c1-35(2)41-8-5-6-9-42(41)45-10-7-24-61(45)39-31-55(32-39)21-25-60(26-22-55)38-11-13-43(47(29-38)62-46-18-27-70-34-50(46)71-53-49(62)28-37-17-23-56-51(37)58-53)52(64)59-72(67,68)40-12-14-44(48(30-40)63(65)66)57-33-36-15-19-54(3,69-4)20-16-36/h5-6,8-9,11-14,17,23,28-30,35-36,39,45-46,50,57H,7,10,15-16,18-22,24-27,31-34H2,1-4H3,(H,56,58)(H,59,64)/t36?,45-,46-,50-,54?/m0/s1. The van der Waals surface area contributed by atoms with E-state index in [-0.39, 0.29) is 39.4 Å². The highest BCUT2D eigenvalue weighted by atomic mass is 32.2. The Kier molecular flexibility index (Phi) is 13.0. The molecule has 3 aromatic carbocycles. The topological polar surface area (TPSA) is 184 Å². The quantitative estimate of drug-likeness (QED) is 0.0749. The predicted octanol–water partition coefficient (Wildman–Crippen LogP) is 9.99. The smallest absolute Gasteiger partial charge is 0.293 e. The van der Waals surface area contributed by atoms with E-state index in [4.69, 9.17) is 19.2 Å². The number of benzene rings is 3. The number of fused-ring (bicyclic) bond motifs is 3. The number of sulfonamides is 1. The lowest BCUT2D eigenvalue weighted by atomic mass is 9.59. The highest BCUT2D eigenvalue weighted by Crippen LogP contribution is 2.55. The zero-order valence-corrected chi connectivity index (χ0v) is 42.7. The molecule has 5 aromatic rings. The number of carbonyl (C=O) groups is 1. The van der Waals surface area contributed by atoms with Gasteiger partial charge < -0.3 is 34.3 Å². The third kappa shape index (κ3) is 9.19. The number of pyridine rings is 1. The van der Waals surface area contributed by atoms with Crippen LogP contribution in [0.4, 0.5) is 28.4 Å². The van der Waals surface area contributed by atoms with Crippen LogP contribution in [0.3, 0.4) is 0 Å². The average Bonchev–Trinajstić information content (AvgIpc) is 4.06. The zero-order chi connectivity index (χ0) is 49.9. The number of rotatable bonds is 13. The second kappa shape index (κ2) is 19.3. The zero-order valence-electron chi connectivity index (χ0n) is 41.9. The van der Waals surface area contributed by atoms with Crippen LogP contribution in [0.5, 0.6) is 5.88 Å². The van der Waals surface area contributed by atoms with Gasteiger partial charge in [-0.1, -0.05) is 38.1 Å². The SMILES string of the molecule is COC1(C)CCC(CNc2ccc(S(=O)(=O)NC(=O)c3ccc(N4CCC5(CC4)CC(N4CCC[C@H]4c4ccccc4C(C)C)C5)cc3N3c4cc5cc[nH]c5nc4O[C@H]4COCC[C@@H]43)cc2[N+](=O)[O-])CC1. The van der Waals surface area contributed by atoms with E-state index in [2.05, 4.69) is 74.8 Å². The number of methoxy groups -OCH3 is 1. The molecule has 3 atom stereocenters. The van der Waals surface area contributed by atoms with Gasteiger partial charge in [0.25, 0.3) is 21.6 Å². The average molecular weight is 1000 g/mol. The normalized spacial score (nSPS) is 25.5. The Morgan fingerprint density at radius 2 is 1.76 bits per heavy atom. The van der Waals surface area contributed by atoms with Crippen molar-refractivity contribution in [1.29, 1.82) is 0 Å². The number of nitro benzene ring substituents is 1. The summed E-state index contributed by atoms with van der Waals surface area (Å²) in [6.45, 7) is 10.8. The van der Waals surface area contributed by atoms with Crippen LogP contribution in [0, 0.1) is 21.4 Å². The van der Waals surface area contributed by atoms with Crippen LogP contribution >= 0.6 is 0 Å². The lowest BCUT2D eigenvalue weighted by molar-refractivity contribution is -0.384. The largest absolute Gasteiger partial charge is 0.468 e. The van der Waals surface area contributed by atoms with Gasteiger partial charge in [-0.2, -0.15) is 4.98 Å². The van der Waals surface area contributed by atoms with Gasteiger partial charge in [-0.3, -0.25) is 19.8 Å². The number of aromatic amines is 1. The van der Waals surface area contributed by atoms with Gasteiger partial charge in [-0.15, -0.1) is 0 Å². The fraction of sp³-hybridized carbons (Fsp3) is 0.527. The molecule has 11 rings (SSSR count). The molecule has 72 heavy (non-hydrogen) atoms. The van der Waals surface area contributed by atoms with Crippen molar-refractivity contribution in [2.75, 3.05) is 61.6 Å². The molecule has 16 nitrogen and oxygen atoms in total. The summed E-state index contributed by atoms with van der Waals surface area (Å²) in [5, 5.41) is 16.5. The number of likely N-dealkylation sites (tertiary alicyclic amines) is 1. The van der Waals surface area contributed by atoms with Crippen LogP contribution in [-0.4, -0.2) is 104 Å². The molecule has 1 amide bonds. The first-order chi connectivity index (χ1) is 34.7. The molecule has 0 unspecified atom stereocenters. The third-order valence-corrected chi connectivity index (χ3v) is 18.6. The van der Waals surface area contributed by atoms with E-state index in [0.29, 0.717) is 72.5 Å². The molecule has 6 aliphatic rings. The Labute approximate surface area is 422 Å². The summed E-state index contributed by atoms with van der Waals surface area (Å²) in [5.41, 5.74) is 5.82. The number of amides is 1. The fourth-order valence-electron chi connectivity index (χ4n) is 12.9. The van der Waals surface area contributed by atoms with Crippen molar-refractivity contribution < 1.29 is 32.3 Å². The Hall–Kier alpha value is -5.75. The molecule has 2 aromatic heterocycles. The number of aromatic nitrogens is 2. The number of hydrogen-bond donors (Lipinski definition) is 3. The molecular weight excluding hydrogens is 933 g/mol. The molecule has 382 valence electrons. The Morgan fingerprint density at radius 1 is 0.972 bits per heavy atom. The minimum atomic E-state index is -4.60. The van der Waals surface area contributed by atoms with Crippen LogP contribution in [0.25, 0.3) is 11.0 Å². The molecule has 3 N–H and O–H groups in total. The van der Waals surface area contributed by atoms with Gasteiger partial charge in [-0.05, 0) is 155 Å². The second-order valence-electron chi connectivity index (χ2n) is 22.0. The first-order valence-electron chi connectivity index (χ1n) is 26.1. The Morgan fingerprint density at radius 3 is 2.53 bits per heavy atom. The minimum absolute atomic E-state index is 0.133. The first-order valence-corrected chi connectivity index (χ1v) is 27.6. The lowest BCUT2D eigenvalue weighted by Gasteiger charge is -2.56. The molecule has 4 aliphatic heterocycles. The van der Waals surface area contributed by atoms with E-state index < -0.39 is 27.0 Å². The summed E-state index contributed by atoms with van der Waals surface area (Å²) in [4.78, 5) is 41.5. The van der Waals surface area contributed by atoms with E-state index in [1.54, 1.807) is 13.2 Å². The van der Waals surface area contributed by atoms with Crippen LogP contribution in [0.1, 0.15) is 125 Å². The number of nitro groups is 1. The van der Waals surface area contributed by atoms with Crippen molar-refractivity contribution in [1.82, 2.24) is 19.6 Å². The van der Waals surface area contributed by atoms with Gasteiger partial charge in [-0.25, -0.2) is 13.1 Å². The second-order valence-corrected chi connectivity index (χ2v) is 23.6. The van der Waals surface area contributed by atoms with Gasteiger partial charge in [0.05, 0.1) is 39.3 Å². The Bertz CT molecular complexity index is 2960. The monoisotopic (exact) mass is 1000 g/mol. The van der Waals surface area contributed by atoms with E-state index in [0.717, 1.165) is 75.3 Å². The molecule has 0 bridgehead atoms. The maximum atomic E-state index is 14.7. The van der Waals surface area contributed by atoms with Gasteiger partial charge in [0.2, 0.25) is 5.88 Å². The number of nitrogens with zero attached hydrogens (tertiary/aromatic N) is 5. The number of piperidine rings is 1. The molecule has 3 saturated heterocycles. The number of nitrogens with one attached hydrogen (secondary N) is 3. The Balaban J connectivity index is 0.858. The van der Waals surface area contributed by atoms with E-state index in [1.807, 2.05) is 30.5 Å². The maximum absolute atomic E-state index is 14.7. The minimum Gasteiger partial charge on any atom is -0.468 e. The predicted molar refractivity (Wildman–Crippen MR) is 278 cm³/mol. The number of H-pyrrole nitrogens is 1. The highest BCUT2D eigenvalue weighted by molar-refractivity contribution is 7.90. The summed E-state index contributed by atoms with van der Waals surface area (Å²) in [6.07, 6.45) is 12.5. The number of anilines is 4. The van der Waals surface area contributed by atoms with Crippen molar-refractivity contribution in [3.05, 3.63) is 106 Å². The molecule has 0 radical (unpaired) electrons. The first kappa shape index (κ1) is 48.5. The molecular formula is C55H68N8O8S. The molecule has 17 heteroatoms. The number of carbonyl (C=O) groups excluding carboxylic acids is 1. The summed E-state index contributed by atoms with van der Waals surface area (Å²) in [5.74, 6) is 0.295. The molecule has 6 heterocycles. The van der Waals surface area contributed by atoms with E-state index in [1.165, 1.54) is 48.9 Å². The molecule has 5 fully saturated rings. The van der Waals surface area contributed by atoms with Crippen LogP contribution in [0.2, 0.25) is 0 Å². The van der Waals surface area contributed by atoms with E-state index in [9.17, 15) is 23.3 Å². The summed E-state index contributed by atoms with van der Waals surface area (Å²) < 4.78 is 48.9. The van der Waals surface area contributed by atoms with Crippen molar-refractivity contribution in [3.63, 3.8) is 0 Å². The van der Waals surface area contributed by atoms with E-state index >= 15 is 0 Å². The third-order valence-electron chi connectivity index (χ3n) is 17.3. The van der Waals surface area contributed by atoms with Crippen LogP contribution in [0.15, 0.2) is 83.9 Å². The van der Waals surface area contributed by atoms with Gasteiger partial charge in [0.15, 0.2) is 0 Å². The lowest BCUT2D eigenvalue weighted by Crippen LogP contribution is -2.55. The number of hydrogen-bond acceptors (Lipinski definition) is 13. The van der Waals surface area contributed by atoms with Crippen molar-refractivity contribution in [3.8, 4) is 5.88 Å². The summed E-state index contributed by atoms with van der Waals surface area (Å²) in [6, 6.07) is 23.1. The van der Waals surface area contributed by atoms with Crippen molar-refractivity contribution in [2.45, 2.75) is 132 Å². The molecule has 1 spiro atoms. The van der Waals surface area contributed by atoms with Crippen molar-refractivity contribution in [2.24, 2.45) is 11.3 Å². The highest BCUT2D eigenvalue weighted by Gasteiger charge is 2.50. The summed E-state index contributed by atoms with van der Waals surface area (Å²) >= 11 is 0. The van der Waals surface area contributed by atoms with Gasteiger partial charge in [0.1, 0.15) is 23.1 Å².